The zero-order chi connectivity index (χ0) is 18.5. The summed E-state index contributed by atoms with van der Waals surface area (Å²) in [7, 11) is -3.26. The Labute approximate surface area is 153 Å². The third-order valence-corrected chi connectivity index (χ3v) is 5.80. The highest BCUT2D eigenvalue weighted by molar-refractivity contribution is 7.92. The molecular weight excluding hydrogens is 332 g/mol. The average Bonchev–Trinajstić information content (AvgIpc) is 2.53. The Balaban J connectivity index is 2.10. The topological polar surface area (TPSA) is 49.4 Å². The summed E-state index contributed by atoms with van der Waals surface area (Å²) in [5.74, 6) is 6.97. The molecule has 5 heteroatoms. The third kappa shape index (κ3) is 5.49. The lowest BCUT2D eigenvalue weighted by atomic mass is 9.68. The highest BCUT2D eigenvalue weighted by Crippen LogP contribution is 2.40. The van der Waals surface area contributed by atoms with Crippen molar-refractivity contribution < 1.29 is 8.42 Å². The number of nitrogens with one attached hydrogen (secondary N) is 1. The smallest absolute Gasteiger partial charge is 0.229 e. The van der Waals surface area contributed by atoms with Gasteiger partial charge in [-0.05, 0) is 48.4 Å². The Hall–Kier alpha value is -1.51. The van der Waals surface area contributed by atoms with Gasteiger partial charge in [-0.25, -0.2) is 8.42 Å². The first-order valence-electron chi connectivity index (χ1n) is 9.01. The number of benzene rings is 1. The van der Waals surface area contributed by atoms with Crippen molar-refractivity contribution in [2.24, 2.45) is 5.92 Å². The molecule has 0 aliphatic carbocycles. The first-order chi connectivity index (χ1) is 11.7. The summed E-state index contributed by atoms with van der Waals surface area (Å²) in [4.78, 5) is 2.42. The SMILES string of the molecule is CCCC#CCN1CCC(C)(c2cccc(NS(C)(=O)=O)c2)C(C)C1. The fraction of sp³-hybridized carbons (Fsp3) is 0.600. The van der Waals surface area contributed by atoms with Crippen LogP contribution in [0.5, 0.6) is 0 Å². The molecule has 1 N–H and O–H groups in total. The molecule has 1 aromatic carbocycles. The van der Waals surface area contributed by atoms with Crippen LogP contribution in [0.3, 0.4) is 0 Å². The first-order valence-corrected chi connectivity index (χ1v) is 10.9. The van der Waals surface area contributed by atoms with Gasteiger partial charge in [-0.1, -0.05) is 38.8 Å². The van der Waals surface area contributed by atoms with Crippen molar-refractivity contribution in [1.82, 2.24) is 4.90 Å². The van der Waals surface area contributed by atoms with Crippen molar-refractivity contribution in [2.75, 3.05) is 30.6 Å². The van der Waals surface area contributed by atoms with Crippen LogP contribution in [0.25, 0.3) is 0 Å². The maximum atomic E-state index is 11.5. The van der Waals surface area contributed by atoms with Gasteiger partial charge in [0.05, 0.1) is 12.8 Å². The molecule has 0 spiro atoms. The van der Waals surface area contributed by atoms with Crippen LogP contribution in [0.15, 0.2) is 24.3 Å². The predicted octanol–water partition coefficient (Wildman–Crippen LogP) is 3.46. The van der Waals surface area contributed by atoms with E-state index < -0.39 is 10.0 Å². The maximum Gasteiger partial charge on any atom is 0.229 e. The largest absolute Gasteiger partial charge is 0.292 e. The lowest BCUT2D eigenvalue weighted by molar-refractivity contribution is 0.123. The van der Waals surface area contributed by atoms with Gasteiger partial charge in [0.25, 0.3) is 0 Å². The summed E-state index contributed by atoms with van der Waals surface area (Å²) in [5, 5.41) is 0. The van der Waals surface area contributed by atoms with Crippen molar-refractivity contribution in [1.29, 1.82) is 0 Å². The van der Waals surface area contributed by atoms with Gasteiger partial charge in [-0.3, -0.25) is 9.62 Å². The van der Waals surface area contributed by atoms with Gasteiger partial charge in [0.1, 0.15) is 0 Å². The van der Waals surface area contributed by atoms with Gasteiger partial charge in [-0.15, -0.1) is 5.92 Å². The minimum Gasteiger partial charge on any atom is -0.292 e. The Morgan fingerprint density at radius 2 is 2.12 bits per heavy atom. The Morgan fingerprint density at radius 1 is 1.36 bits per heavy atom. The van der Waals surface area contributed by atoms with Gasteiger partial charge in [-0.2, -0.15) is 0 Å². The highest BCUT2D eigenvalue weighted by Gasteiger charge is 2.37. The van der Waals surface area contributed by atoms with E-state index in [0.717, 1.165) is 38.9 Å². The molecule has 4 nitrogen and oxygen atoms in total. The number of nitrogens with zero attached hydrogens (tertiary/aromatic N) is 1. The minimum atomic E-state index is -3.26. The molecule has 1 fully saturated rings. The first kappa shape index (κ1) is 19.8. The number of hydrogen-bond donors (Lipinski definition) is 1. The second-order valence-corrected chi connectivity index (χ2v) is 9.11. The van der Waals surface area contributed by atoms with Crippen LogP contribution >= 0.6 is 0 Å². The molecule has 2 unspecified atom stereocenters. The van der Waals surface area contributed by atoms with Crippen molar-refractivity contribution in [3.8, 4) is 11.8 Å². The number of anilines is 1. The lowest BCUT2D eigenvalue weighted by Gasteiger charge is -2.44. The molecule has 2 atom stereocenters. The zero-order valence-corrected chi connectivity index (χ0v) is 16.6. The van der Waals surface area contributed by atoms with Crippen LogP contribution in [0.4, 0.5) is 5.69 Å². The van der Waals surface area contributed by atoms with E-state index in [1.165, 1.54) is 11.8 Å². The van der Waals surface area contributed by atoms with Crippen molar-refractivity contribution in [3.05, 3.63) is 29.8 Å². The summed E-state index contributed by atoms with van der Waals surface area (Å²) < 4.78 is 25.6. The Bertz CT molecular complexity index is 748. The summed E-state index contributed by atoms with van der Waals surface area (Å²) in [6.45, 7) is 9.60. The van der Waals surface area contributed by atoms with E-state index in [9.17, 15) is 8.42 Å². The van der Waals surface area contributed by atoms with Crippen LogP contribution in [0.2, 0.25) is 0 Å². The molecule has 0 aromatic heterocycles. The molecule has 0 radical (unpaired) electrons. The van der Waals surface area contributed by atoms with Crippen LogP contribution < -0.4 is 4.72 Å². The number of likely N-dealkylation sites (tertiary alicyclic amines) is 1. The standard InChI is InChI=1S/C20H30N2O2S/c1-5-6-7-8-13-22-14-12-20(3,17(2)16-22)18-10-9-11-19(15-18)21-25(4,23)24/h9-11,15,17,21H,5-6,12-14,16H2,1-4H3. The monoisotopic (exact) mass is 362 g/mol. The molecule has 1 heterocycles. The van der Waals surface area contributed by atoms with Gasteiger partial charge < -0.3 is 0 Å². The van der Waals surface area contributed by atoms with E-state index >= 15 is 0 Å². The van der Waals surface area contributed by atoms with Crippen LogP contribution in [0.1, 0.15) is 45.6 Å². The minimum absolute atomic E-state index is 0.0442. The van der Waals surface area contributed by atoms with Gasteiger partial charge >= 0.3 is 0 Å². The summed E-state index contributed by atoms with van der Waals surface area (Å²) in [5.41, 5.74) is 1.88. The van der Waals surface area contributed by atoms with E-state index in [2.05, 4.69) is 48.3 Å². The van der Waals surface area contributed by atoms with E-state index in [0.29, 0.717) is 11.6 Å². The zero-order valence-electron chi connectivity index (χ0n) is 15.8. The summed E-state index contributed by atoms with van der Waals surface area (Å²) in [6, 6.07) is 7.83. The Morgan fingerprint density at radius 3 is 2.76 bits per heavy atom. The van der Waals surface area contributed by atoms with Gasteiger partial charge in [0.15, 0.2) is 0 Å². The van der Waals surface area contributed by atoms with Crippen LogP contribution in [-0.4, -0.2) is 39.2 Å². The predicted molar refractivity (Wildman–Crippen MR) is 105 cm³/mol. The number of unbranched alkanes of at least 4 members (excludes halogenated alkanes) is 1. The van der Waals surface area contributed by atoms with E-state index in [-0.39, 0.29) is 5.41 Å². The summed E-state index contributed by atoms with van der Waals surface area (Å²) >= 11 is 0. The molecule has 25 heavy (non-hydrogen) atoms. The van der Waals surface area contributed by atoms with Crippen molar-refractivity contribution in [3.63, 3.8) is 0 Å². The normalized spacial score (nSPS) is 24.4. The molecule has 1 aliphatic rings. The molecule has 1 saturated heterocycles. The molecule has 1 aromatic rings. The highest BCUT2D eigenvalue weighted by atomic mass is 32.2. The van der Waals surface area contributed by atoms with Crippen molar-refractivity contribution in [2.45, 2.75) is 45.4 Å². The molecule has 0 saturated carbocycles. The fourth-order valence-corrected chi connectivity index (χ4v) is 3.98. The quantitative estimate of drug-likeness (QED) is 0.816. The third-order valence-electron chi connectivity index (χ3n) is 5.20. The number of rotatable bonds is 5. The molecule has 0 bridgehead atoms. The fourth-order valence-electron chi connectivity index (χ4n) is 3.42. The number of hydrogen-bond acceptors (Lipinski definition) is 3. The van der Waals surface area contributed by atoms with E-state index in [1.807, 2.05) is 12.1 Å². The van der Waals surface area contributed by atoms with Crippen LogP contribution in [0, 0.1) is 17.8 Å². The van der Waals surface area contributed by atoms with Gasteiger partial charge in [0, 0.05) is 18.7 Å². The second-order valence-electron chi connectivity index (χ2n) is 7.36. The lowest BCUT2D eigenvalue weighted by Crippen LogP contribution is -2.47. The summed E-state index contributed by atoms with van der Waals surface area (Å²) in [6.07, 6.45) is 4.31. The number of piperidine rings is 1. The number of sulfonamides is 1. The molecule has 1 aliphatic heterocycles. The van der Waals surface area contributed by atoms with E-state index in [4.69, 9.17) is 0 Å². The molecular formula is C20H30N2O2S. The maximum absolute atomic E-state index is 11.5. The van der Waals surface area contributed by atoms with E-state index in [1.54, 1.807) is 6.07 Å². The molecule has 138 valence electrons. The van der Waals surface area contributed by atoms with Gasteiger partial charge in [0.2, 0.25) is 10.0 Å². The molecule has 2 rings (SSSR count). The van der Waals surface area contributed by atoms with Crippen molar-refractivity contribution >= 4 is 15.7 Å². The second kappa shape index (κ2) is 8.25. The van der Waals surface area contributed by atoms with Crippen LogP contribution in [-0.2, 0) is 15.4 Å². The average molecular weight is 363 g/mol. The molecule has 0 amide bonds. The Kier molecular flexibility index (Phi) is 6.53.